The van der Waals surface area contributed by atoms with E-state index in [2.05, 4.69) is 15.3 Å². The number of nitrogens with zero attached hydrogens (tertiary/aromatic N) is 2. The molecule has 2 aromatic heterocycles. The van der Waals surface area contributed by atoms with E-state index in [1.54, 1.807) is 24.4 Å². The Morgan fingerprint density at radius 3 is 2.72 bits per heavy atom. The van der Waals surface area contributed by atoms with E-state index in [0.29, 0.717) is 16.4 Å². The molecule has 3 nitrogen and oxygen atoms in total. The van der Waals surface area contributed by atoms with Crippen LogP contribution in [0.4, 0.5) is 19.0 Å². The quantitative estimate of drug-likeness (QED) is 0.509. The second kappa shape index (κ2) is 7.01. The molecule has 0 radical (unpaired) electrons. The SMILES string of the molecule is Cc1cc([C@H](C)Nc2ncnc3scc(Cl)c23)ccc1SC(F)(F)F. The number of aromatic nitrogens is 2. The van der Waals surface area contributed by atoms with Gasteiger partial charge in [0.25, 0.3) is 0 Å². The third-order valence-corrected chi connectivity index (χ3v) is 5.83. The van der Waals surface area contributed by atoms with Crippen LogP contribution >= 0.6 is 34.7 Å². The number of rotatable bonds is 4. The minimum Gasteiger partial charge on any atom is -0.363 e. The van der Waals surface area contributed by atoms with E-state index < -0.39 is 5.51 Å². The molecular weight excluding hydrogens is 391 g/mol. The molecule has 0 saturated carbocycles. The predicted octanol–water partition coefficient (Wildman–Crippen LogP) is 6.44. The maximum Gasteiger partial charge on any atom is 0.446 e. The first-order chi connectivity index (χ1) is 11.7. The molecule has 0 saturated heterocycles. The van der Waals surface area contributed by atoms with Crippen LogP contribution in [0.25, 0.3) is 10.2 Å². The molecule has 0 amide bonds. The molecule has 0 spiro atoms. The van der Waals surface area contributed by atoms with Gasteiger partial charge in [-0.15, -0.1) is 11.3 Å². The summed E-state index contributed by atoms with van der Waals surface area (Å²) in [6.07, 6.45) is 1.46. The maximum atomic E-state index is 12.5. The summed E-state index contributed by atoms with van der Waals surface area (Å²) in [4.78, 5) is 9.40. The Morgan fingerprint density at radius 1 is 1.28 bits per heavy atom. The second-order valence-electron chi connectivity index (χ2n) is 5.42. The number of aryl methyl sites for hydroxylation is 1. The molecule has 0 bridgehead atoms. The highest BCUT2D eigenvalue weighted by atomic mass is 35.5. The van der Waals surface area contributed by atoms with Gasteiger partial charge in [0, 0.05) is 16.3 Å². The molecular formula is C16H13ClF3N3S2. The van der Waals surface area contributed by atoms with Crippen molar-refractivity contribution in [2.75, 3.05) is 5.32 Å². The first kappa shape index (κ1) is 18.3. The van der Waals surface area contributed by atoms with E-state index in [4.69, 9.17) is 11.6 Å². The predicted molar refractivity (Wildman–Crippen MR) is 97.6 cm³/mol. The first-order valence-electron chi connectivity index (χ1n) is 7.25. The van der Waals surface area contributed by atoms with E-state index in [-0.39, 0.29) is 22.7 Å². The van der Waals surface area contributed by atoms with Crippen LogP contribution in [0.5, 0.6) is 0 Å². The highest BCUT2D eigenvalue weighted by Crippen LogP contribution is 2.39. The Morgan fingerprint density at radius 2 is 2.04 bits per heavy atom. The Hall–Kier alpha value is -1.51. The summed E-state index contributed by atoms with van der Waals surface area (Å²) in [7, 11) is 0. The highest BCUT2D eigenvalue weighted by molar-refractivity contribution is 8.00. The van der Waals surface area contributed by atoms with Crippen LogP contribution in [0.3, 0.4) is 0 Å². The number of alkyl halides is 3. The summed E-state index contributed by atoms with van der Waals surface area (Å²) in [6, 6.07) is 4.78. The van der Waals surface area contributed by atoms with Crippen molar-refractivity contribution in [2.24, 2.45) is 0 Å². The average molecular weight is 404 g/mol. The lowest BCUT2D eigenvalue weighted by molar-refractivity contribution is -0.0328. The lowest BCUT2D eigenvalue weighted by Crippen LogP contribution is -2.09. The van der Waals surface area contributed by atoms with Gasteiger partial charge in [-0.05, 0) is 42.8 Å². The number of fused-ring (bicyclic) bond motifs is 1. The Balaban J connectivity index is 1.84. The number of anilines is 1. The van der Waals surface area contributed by atoms with Crippen molar-refractivity contribution in [1.82, 2.24) is 9.97 Å². The van der Waals surface area contributed by atoms with Gasteiger partial charge in [0.2, 0.25) is 0 Å². The monoisotopic (exact) mass is 403 g/mol. The Bertz CT molecular complexity index is 911. The van der Waals surface area contributed by atoms with Gasteiger partial charge in [-0.2, -0.15) is 13.2 Å². The lowest BCUT2D eigenvalue weighted by atomic mass is 10.1. The van der Waals surface area contributed by atoms with Gasteiger partial charge < -0.3 is 5.32 Å². The number of thioether (sulfide) groups is 1. The van der Waals surface area contributed by atoms with E-state index in [0.717, 1.165) is 15.8 Å². The van der Waals surface area contributed by atoms with Gasteiger partial charge in [0.15, 0.2) is 0 Å². The van der Waals surface area contributed by atoms with Crippen molar-refractivity contribution in [3.8, 4) is 0 Å². The number of hydrogen-bond donors (Lipinski definition) is 1. The Labute approximate surface area is 155 Å². The fourth-order valence-electron chi connectivity index (χ4n) is 2.42. The summed E-state index contributed by atoms with van der Waals surface area (Å²) in [6.45, 7) is 3.59. The Kier molecular flexibility index (Phi) is 5.13. The highest BCUT2D eigenvalue weighted by Gasteiger charge is 2.30. The van der Waals surface area contributed by atoms with Crippen LogP contribution in [-0.4, -0.2) is 15.5 Å². The van der Waals surface area contributed by atoms with Crippen LogP contribution in [0.1, 0.15) is 24.1 Å². The molecule has 0 aliphatic rings. The molecule has 9 heteroatoms. The number of benzene rings is 1. The average Bonchev–Trinajstić information content (AvgIpc) is 2.90. The fourth-order valence-corrected chi connectivity index (χ4v) is 4.16. The minimum absolute atomic E-state index is 0.100. The van der Waals surface area contributed by atoms with Crippen LogP contribution < -0.4 is 5.32 Å². The molecule has 3 rings (SSSR count). The number of nitrogens with one attached hydrogen (secondary N) is 1. The minimum atomic E-state index is -4.29. The number of thiophene rings is 1. The lowest BCUT2D eigenvalue weighted by Gasteiger charge is -2.17. The van der Waals surface area contributed by atoms with Crippen molar-refractivity contribution in [1.29, 1.82) is 0 Å². The summed E-state index contributed by atoms with van der Waals surface area (Å²) in [5.74, 6) is 0.607. The van der Waals surface area contributed by atoms with Crippen molar-refractivity contribution >= 4 is 50.7 Å². The van der Waals surface area contributed by atoms with Crippen molar-refractivity contribution in [2.45, 2.75) is 30.3 Å². The van der Waals surface area contributed by atoms with Crippen molar-refractivity contribution in [3.05, 3.63) is 46.1 Å². The topological polar surface area (TPSA) is 37.8 Å². The summed E-state index contributed by atoms with van der Waals surface area (Å²) in [5.41, 5.74) is -2.85. The zero-order chi connectivity index (χ0) is 18.2. The van der Waals surface area contributed by atoms with E-state index >= 15 is 0 Å². The maximum absolute atomic E-state index is 12.5. The zero-order valence-electron chi connectivity index (χ0n) is 13.2. The van der Waals surface area contributed by atoms with Gasteiger partial charge in [-0.3, -0.25) is 0 Å². The standard InChI is InChI=1S/C16H13ClF3N3S2/c1-8-5-10(3-4-12(8)25-16(18,19)20)9(2)23-14-13-11(17)6-24-15(13)22-7-21-14/h3-7,9H,1-2H3,(H,21,22,23)/t9-/m0/s1. The zero-order valence-corrected chi connectivity index (χ0v) is 15.6. The molecule has 25 heavy (non-hydrogen) atoms. The number of hydrogen-bond acceptors (Lipinski definition) is 5. The van der Waals surface area contributed by atoms with Gasteiger partial charge >= 0.3 is 5.51 Å². The summed E-state index contributed by atoms with van der Waals surface area (Å²) in [5, 5.41) is 6.39. The van der Waals surface area contributed by atoms with Crippen molar-refractivity contribution < 1.29 is 13.2 Å². The molecule has 0 fully saturated rings. The van der Waals surface area contributed by atoms with Gasteiger partial charge in [0.1, 0.15) is 17.0 Å². The van der Waals surface area contributed by atoms with Gasteiger partial charge in [-0.1, -0.05) is 23.7 Å². The molecule has 1 N–H and O–H groups in total. The van der Waals surface area contributed by atoms with Gasteiger partial charge in [-0.25, -0.2) is 9.97 Å². The third kappa shape index (κ3) is 4.19. The van der Waals surface area contributed by atoms with Crippen molar-refractivity contribution in [3.63, 3.8) is 0 Å². The molecule has 132 valence electrons. The van der Waals surface area contributed by atoms with E-state index in [9.17, 15) is 13.2 Å². The van der Waals surface area contributed by atoms with Crippen LogP contribution in [0, 0.1) is 6.92 Å². The molecule has 3 aromatic rings. The van der Waals surface area contributed by atoms with Crippen LogP contribution in [-0.2, 0) is 0 Å². The summed E-state index contributed by atoms with van der Waals surface area (Å²) >= 11 is 7.52. The van der Waals surface area contributed by atoms with Crippen LogP contribution in [0.15, 0.2) is 34.8 Å². The largest absolute Gasteiger partial charge is 0.446 e. The molecule has 1 aromatic carbocycles. The van der Waals surface area contributed by atoms with Crippen LogP contribution in [0.2, 0.25) is 5.02 Å². The van der Waals surface area contributed by atoms with Gasteiger partial charge in [0.05, 0.1) is 10.4 Å². The molecule has 0 aliphatic carbocycles. The molecule has 0 unspecified atom stereocenters. The molecule has 0 aliphatic heterocycles. The smallest absolute Gasteiger partial charge is 0.363 e. The molecule has 2 heterocycles. The van der Waals surface area contributed by atoms with E-state index in [1.165, 1.54) is 23.7 Å². The third-order valence-electron chi connectivity index (χ3n) is 3.60. The fraction of sp³-hybridized carbons (Fsp3) is 0.250. The molecule has 1 atom stereocenters. The normalized spacial score (nSPS) is 13.2. The summed E-state index contributed by atoms with van der Waals surface area (Å²) < 4.78 is 37.6. The second-order valence-corrected chi connectivity index (χ2v) is 7.80. The van der Waals surface area contributed by atoms with E-state index in [1.807, 2.05) is 6.92 Å². The first-order valence-corrected chi connectivity index (χ1v) is 9.32. The number of halogens is 4.